The smallest absolute Gasteiger partial charge is 0.270 e. The molecule has 0 fully saturated rings. The third kappa shape index (κ3) is 2.97. The molecule has 0 aliphatic rings. The number of imidazole rings is 1. The van der Waals surface area contributed by atoms with E-state index in [2.05, 4.69) is 10.3 Å². The van der Waals surface area contributed by atoms with Crippen LogP contribution in [0.15, 0.2) is 71.5 Å². The fraction of sp³-hybridized carbons (Fsp3) is 0.100. The van der Waals surface area contributed by atoms with E-state index in [0.29, 0.717) is 17.1 Å². The molecule has 0 bridgehead atoms. The molecule has 4 rings (SSSR count). The Kier molecular flexibility index (Phi) is 4.01. The average Bonchev–Trinajstić information content (AvgIpc) is 3.29. The van der Waals surface area contributed by atoms with Gasteiger partial charge >= 0.3 is 0 Å². The first-order chi connectivity index (χ1) is 12.6. The van der Waals surface area contributed by atoms with Gasteiger partial charge in [0.2, 0.25) is 0 Å². The Balaban J connectivity index is 1.57. The third-order valence-corrected chi connectivity index (χ3v) is 4.19. The number of benzene rings is 2. The van der Waals surface area contributed by atoms with Crippen LogP contribution >= 0.6 is 0 Å². The zero-order valence-corrected chi connectivity index (χ0v) is 14.0. The first kappa shape index (κ1) is 16.1. The first-order valence-electron chi connectivity index (χ1n) is 8.19. The Morgan fingerprint density at radius 3 is 2.73 bits per heavy atom. The molecule has 6 heteroatoms. The molecule has 0 aliphatic carbocycles. The lowest BCUT2D eigenvalue weighted by Gasteiger charge is -2.13. The summed E-state index contributed by atoms with van der Waals surface area (Å²) in [5.41, 5.74) is 1.80. The maximum Gasteiger partial charge on any atom is 0.270 e. The molecule has 1 N–H and O–H groups in total. The topological polar surface area (TPSA) is 60.1 Å². The van der Waals surface area contributed by atoms with Crippen LogP contribution in [-0.2, 0) is 0 Å². The molecule has 4 aromatic rings. The SMILES string of the molecule is CC(NC(=O)c1cncn1-c1ccc(F)cc1)c1cc2ccccc2o1. The molecular formula is C20H16FN3O2. The lowest BCUT2D eigenvalue weighted by atomic mass is 10.2. The summed E-state index contributed by atoms with van der Waals surface area (Å²) in [5, 5.41) is 3.90. The number of hydrogen-bond acceptors (Lipinski definition) is 3. The summed E-state index contributed by atoms with van der Waals surface area (Å²) in [6.45, 7) is 1.86. The van der Waals surface area contributed by atoms with Crippen molar-refractivity contribution in [1.29, 1.82) is 0 Å². The van der Waals surface area contributed by atoms with Crippen LogP contribution in [0.2, 0.25) is 0 Å². The zero-order chi connectivity index (χ0) is 18.1. The van der Waals surface area contributed by atoms with Gasteiger partial charge in [-0.05, 0) is 43.3 Å². The fourth-order valence-electron chi connectivity index (χ4n) is 2.83. The maximum atomic E-state index is 13.1. The number of nitrogens with one attached hydrogen (secondary N) is 1. The molecule has 5 nitrogen and oxygen atoms in total. The highest BCUT2D eigenvalue weighted by Gasteiger charge is 2.18. The minimum absolute atomic E-state index is 0.292. The maximum absolute atomic E-state index is 13.1. The quantitative estimate of drug-likeness (QED) is 0.599. The van der Waals surface area contributed by atoms with Crippen molar-refractivity contribution in [2.45, 2.75) is 13.0 Å². The second-order valence-corrected chi connectivity index (χ2v) is 6.01. The van der Waals surface area contributed by atoms with E-state index in [-0.39, 0.29) is 17.8 Å². The van der Waals surface area contributed by atoms with Crippen molar-refractivity contribution in [1.82, 2.24) is 14.9 Å². The number of carbonyl (C=O) groups is 1. The highest BCUT2D eigenvalue weighted by Crippen LogP contribution is 2.24. The van der Waals surface area contributed by atoms with E-state index in [1.54, 1.807) is 16.7 Å². The van der Waals surface area contributed by atoms with E-state index in [4.69, 9.17) is 4.42 Å². The predicted molar refractivity (Wildman–Crippen MR) is 95.6 cm³/mol. The second-order valence-electron chi connectivity index (χ2n) is 6.01. The van der Waals surface area contributed by atoms with Gasteiger partial charge in [0.1, 0.15) is 22.9 Å². The van der Waals surface area contributed by atoms with Gasteiger partial charge in [-0.3, -0.25) is 9.36 Å². The number of amides is 1. The average molecular weight is 349 g/mol. The Morgan fingerprint density at radius 2 is 1.96 bits per heavy atom. The highest BCUT2D eigenvalue weighted by molar-refractivity contribution is 5.93. The lowest BCUT2D eigenvalue weighted by molar-refractivity contribution is 0.0929. The molecule has 0 saturated heterocycles. The van der Waals surface area contributed by atoms with Crippen LogP contribution in [0.1, 0.15) is 29.2 Å². The van der Waals surface area contributed by atoms with Crippen molar-refractivity contribution in [2.24, 2.45) is 0 Å². The van der Waals surface area contributed by atoms with Crippen molar-refractivity contribution in [3.05, 3.63) is 84.4 Å². The summed E-state index contributed by atoms with van der Waals surface area (Å²) in [5.74, 6) is 0.0468. The van der Waals surface area contributed by atoms with Crippen LogP contribution in [0.25, 0.3) is 16.7 Å². The molecule has 2 aromatic heterocycles. The molecule has 0 aliphatic heterocycles. The highest BCUT2D eigenvalue weighted by atomic mass is 19.1. The minimum atomic E-state index is -0.335. The van der Waals surface area contributed by atoms with Gasteiger partial charge in [0, 0.05) is 11.1 Å². The van der Waals surface area contributed by atoms with E-state index < -0.39 is 0 Å². The van der Waals surface area contributed by atoms with Crippen molar-refractivity contribution in [3.63, 3.8) is 0 Å². The summed E-state index contributed by atoms with van der Waals surface area (Å²) in [6, 6.07) is 15.2. The van der Waals surface area contributed by atoms with Crippen molar-refractivity contribution >= 4 is 16.9 Å². The number of rotatable bonds is 4. The van der Waals surface area contributed by atoms with Gasteiger partial charge in [0.25, 0.3) is 5.91 Å². The molecule has 1 atom stereocenters. The van der Waals surface area contributed by atoms with Crippen LogP contribution < -0.4 is 5.32 Å². The summed E-state index contributed by atoms with van der Waals surface area (Å²) in [7, 11) is 0. The standard InChI is InChI=1S/C20H16FN3O2/c1-13(19-10-14-4-2-3-5-18(14)26-19)23-20(25)17-11-22-12-24(17)16-8-6-15(21)7-9-16/h2-13H,1H3,(H,23,25). The van der Waals surface area contributed by atoms with Gasteiger partial charge in [-0.2, -0.15) is 0 Å². The Morgan fingerprint density at radius 1 is 1.19 bits per heavy atom. The van der Waals surface area contributed by atoms with Crippen LogP contribution in [0.3, 0.4) is 0 Å². The molecule has 0 saturated carbocycles. The summed E-state index contributed by atoms with van der Waals surface area (Å²) in [6.07, 6.45) is 3.00. The summed E-state index contributed by atoms with van der Waals surface area (Å²) < 4.78 is 20.5. The van der Waals surface area contributed by atoms with E-state index in [1.165, 1.54) is 24.7 Å². The Hall–Kier alpha value is -3.41. The van der Waals surface area contributed by atoms with Gasteiger partial charge < -0.3 is 9.73 Å². The minimum Gasteiger partial charge on any atom is -0.459 e. The van der Waals surface area contributed by atoms with Gasteiger partial charge in [-0.25, -0.2) is 9.37 Å². The molecule has 1 unspecified atom stereocenters. The van der Waals surface area contributed by atoms with Crippen LogP contribution in [0.4, 0.5) is 4.39 Å². The summed E-state index contributed by atoms with van der Waals surface area (Å²) in [4.78, 5) is 16.7. The molecule has 1 amide bonds. The Labute approximate surface area is 149 Å². The third-order valence-electron chi connectivity index (χ3n) is 4.19. The van der Waals surface area contributed by atoms with Crippen LogP contribution in [0.5, 0.6) is 0 Å². The molecule has 130 valence electrons. The van der Waals surface area contributed by atoms with Crippen LogP contribution in [0, 0.1) is 5.82 Å². The number of halogens is 1. The molecule has 2 heterocycles. The normalized spacial score (nSPS) is 12.2. The van der Waals surface area contributed by atoms with E-state index >= 15 is 0 Å². The number of hydrogen-bond donors (Lipinski definition) is 1. The number of aromatic nitrogens is 2. The lowest BCUT2D eigenvalue weighted by Crippen LogP contribution is -2.28. The molecule has 2 aromatic carbocycles. The number of para-hydroxylation sites is 1. The predicted octanol–water partition coefficient (Wildman–Crippen LogP) is 4.25. The van der Waals surface area contributed by atoms with Gasteiger partial charge in [0.15, 0.2) is 0 Å². The number of nitrogens with zero attached hydrogens (tertiary/aromatic N) is 2. The van der Waals surface area contributed by atoms with Crippen molar-refractivity contribution < 1.29 is 13.6 Å². The second kappa shape index (κ2) is 6.48. The fourth-order valence-corrected chi connectivity index (χ4v) is 2.83. The van der Waals surface area contributed by atoms with Crippen molar-refractivity contribution in [2.75, 3.05) is 0 Å². The van der Waals surface area contributed by atoms with Crippen LogP contribution in [-0.4, -0.2) is 15.5 Å². The van der Waals surface area contributed by atoms with E-state index in [9.17, 15) is 9.18 Å². The largest absolute Gasteiger partial charge is 0.459 e. The number of carbonyl (C=O) groups excluding carboxylic acids is 1. The van der Waals surface area contributed by atoms with Gasteiger partial charge in [-0.15, -0.1) is 0 Å². The van der Waals surface area contributed by atoms with E-state index in [1.807, 2.05) is 37.3 Å². The van der Waals surface area contributed by atoms with Gasteiger partial charge in [0.05, 0.1) is 18.6 Å². The number of fused-ring (bicyclic) bond motifs is 1. The molecule has 0 spiro atoms. The molecular weight excluding hydrogens is 333 g/mol. The van der Waals surface area contributed by atoms with E-state index in [0.717, 1.165) is 11.0 Å². The monoisotopic (exact) mass is 349 g/mol. The number of furan rings is 1. The first-order valence-corrected chi connectivity index (χ1v) is 8.19. The summed E-state index contributed by atoms with van der Waals surface area (Å²) >= 11 is 0. The van der Waals surface area contributed by atoms with Crippen molar-refractivity contribution in [3.8, 4) is 5.69 Å². The zero-order valence-electron chi connectivity index (χ0n) is 14.0. The van der Waals surface area contributed by atoms with Gasteiger partial charge in [-0.1, -0.05) is 18.2 Å². The molecule has 26 heavy (non-hydrogen) atoms. The molecule has 0 radical (unpaired) electrons. The Bertz CT molecular complexity index is 1030.